The van der Waals surface area contributed by atoms with Crippen molar-refractivity contribution in [2.45, 2.75) is 25.6 Å². The molecule has 0 radical (unpaired) electrons. The number of nitrogens with zero attached hydrogens (tertiary/aromatic N) is 1. The van der Waals surface area contributed by atoms with Gasteiger partial charge in [-0.05, 0) is 26.4 Å². The van der Waals surface area contributed by atoms with E-state index in [2.05, 4.69) is 4.90 Å². The summed E-state index contributed by atoms with van der Waals surface area (Å²) in [5.41, 5.74) is 5.41. The van der Waals surface area contributed by atoms with Gasteiger partial charge in [0, 0.05) is 19.7 Å². The molecule has 0 aromatic heterocycles. The quantitative estimate of drug-likeness (QED) is 0.606. The molecule has 0 bridgehead atoms. The van der Waals surface area contributed by atoms with Crippen LogP contribution in [0.25, 0.3) is 0 Å². The molecule has 1 saturated heterocycles. The molecule has 1 heterocycles. The average Bonchev–Trinajstić information content (AvgIpc) is 2.45. The van der Waals surface area contributed by atoms with Crippen molar-refractivity contribution in [1.82, 2.24) is 4.90 Å². The Morgan fingerprint density at radius 2 is 2.31 bits per heavy atom. The van der Waals surface area contributed by atoms with Crippen LogP contribution in [0.3, 0.4) is 0 Å². The van der Waals surface area contributed by atoms with Gasteiger partial charge in [0.05, 0.1) is 12.2 Å². The van der Waals surface area contributed by atoms with E-state index in [1.807, 2.05) is 6.92 Å². The summed E-state index contributed by atoms with van der Waals surface area (Å²) in [6.07, 6.45) is 0.673. The van der Waals surface area contributed by atoms with Gasteiger partial charge >= 0.3 is 0 Å². The first-order valence-electron chi connectivity index (χ1n) is 5.00. The third kappa shape index (κ3) is 3.23. The lowest BCUT2D eigenvalue weighted by atomic mass is 10.3. The molecule has 4 heteroatoms. The molecule has 0 spiro atoms. The fourth-order valence-electron chi connectivity index (χ4n) is 1.71. The van der Waals surface area contributed by atoms with Crippen LogP contribution in [-0.4, -0.2) is 55.0 Å². The van der Waals surface area contributed by atoms with E-state index in [0.29, 0.717) is 13.2 Å². The van der Waals surface area contributed by atoms with Gasteiger partial charge in [0.1, 0.15) is 0 Å². The monoisotopic (exact) mass is 188 g/mol. The maximum Gasteiger partial charge on any atom is 0.0972 e. The maximum absolute atomic E-state index is 9.59. The first-order valence-corrected chi connectivity index (χ1v) is 5.00. The average molecular weight is 188 g/mol. The highest BCUT2D eigenvalue weighted by Gasteiger charge is 2.30. The Hall–Kier alpha value is -0.160. The second kappa shape index (κ2) is 5.54. The molecular weight excluding hydrogens is 168 g/mol. The van der Waals surface area contributed by atoms with Crippen molar-refractivity contribution >= 4 is 0 Å². The predicted octanol–water partition coefficient (Wildman–Crippen LogP) is -0.583. The van der Waals surface area contributed by atoms with E-state index in [-0.39, 0.29) is 12.2 Å². The van der Waals surface area contributed by atoms with Crippen LogP contribution in [-0.2, 0) is 4.74 Å². The number of aliphatic hydroxyl groups is 1. The summed E-state index contributed by atoms with van der Waals surface area (Å²) in [5.74, 6) is 0. The molecule has 78 valence electrons. The van der Waals surface area contributed by atoms with Gasteiger partial charge in [0.2, 0.25) is 0 Å². The molecule has 0 aromatic rings. The minimum absolute atomic E-state index is 0.00257. The summed E-state index contributed by atoms with van der Waals surface area (Å²) in [5, 5.41) is 9.59. The molecule has 1 aliphatic rings. The van der Waals surface area contributed by atoms with Gasteiger partial charge in [-0.2, -0.15) is 0 Å². The Morgan fingerprint density at radius 3 is 2.92 bits per heavy atom. The Kier molecular flexibility index (Phi) is 4.66. The van der Waals surface area contributed by atoms with E-state index < -0.39 is 0 Å². The van der Waals surface area contributed by atoms with Crippen LogP contribution in [0, 0.1) is 0 Å². The molecule has 0 aliphatic carbocycles. The molecule has 3 N–H and O–H groups in total. The molecule has 1 aliphatic heterocycles. The second-order valence-electron chi connectivity index (χ2n) is 3.46. The minimum Gasteiger partial charge on any atom is -0.389 e. The van der Waals surface area contributed by atoms with Crippen LogP contribution < -0.4 is 5.73 Å². The summed E-state index contributed by atoms with van der Waals surface area (Å²) in [6.45, 7) is 5.88. The first-order chi connectivity index (χ1) is 6.27. The smallest absolute Gasteiger partial charge is 0.0972 e. The van der Waals surface area contributed by atoms with Crippen molar-refractivity contribution in [3.8, 4) is 0 Å². The Bertz CT molecular complexity index is 144. The lowest BCUT2D eigenvalue weighted by Gasteiger charge is -2.14. The molecule has 1 rings (SSSR count). The predicted molar refractivity (Wildman–Crippen MR) is 51.5 cm³/mol. The van der Waals surface area contributed by atoms with E-state index in [1.165, 1.54) is 0 Å². The van der Waals surface area contributed by atoms with Crippen LogP contribution >= 0.6 is 0 Å². The molecule has 0 saturated carbocycles. The molecular formula is C9H20N2O2. The maximum atomic E-state index is 9.59. The molecule has 0 unspecified atom stereocenters. The molecule has 0 aromatic carbocycles. The number of hydrogen-bond donors (Lipinski definition) is 2. The molecule has 0 amide bonds. The SMILES string of the molecule is CCO[C@@H]1CN(CCCN)C[C@@H]1O. The van der Waals surface area contributed by atoms with Gasteiger partial charge in [-0.3, -0.25) is 4.90 Å². The third-order valence-electron chi connectivity index (χ3n) is 2.37. The van der Waals surface area contributed by atoms with Gasteiger partial charge in [-0.1, -0.05) is 0 Å². The molecule has 13 heavy (non-hydrogen) atoms. The Labute approximate surface area is 79.7 Å². The van der Waals surface area contributed by atoms with Gasteiger partial charge < -0.3 is 15.6 Å². The van der Waals surface area contributed by atoms with Crippen molar-refractivity contribution in [3.05, 3.63) is 0 Å². The number of rotatable bonds is 5. The van der Waals surface area contributed by atoms with Crippen molar-refractivity contribution < 1.29 is 9.84 Å². The molecule has 2 atom stereocenters. The topological polar surface area (TPSA) is 58.7 Å². The minimum atomic E-state index is -0.322. The van der Waals surface area contributed by atoms with Crippen LogP contribution in [0.2, 0.25) is 0 Å². The number of β-amino-alcohol motifs (C(OH)–C–C–N with tert-alkyl or cyclic N) is 1. The number of hydrogen-bond acceptors (Lipinski definition) is 4. The fraction of sp³-hybridized carbons (Fsp3) is 1.00. The molecule has 4 nitrogen and oxygen atoms in total. The number of nitrogens with two attached hydrogens (primary N) is 1. The fourth-order valence-corrected chi connectivity index (χ4v) is 1.71. The first kappa shape index (κ1) is 10.9. The van der Waals surface area contributed by atoms with E-state index in [9.17, 15) is 5.11 Å². The van der Waals surface area contributed by atoms with Crippen molar-refractivity contribution in [1.29, 1.82) is 0 Å². The van der Waals surface area contributed by atoms with Gasteiger partial charge in [-0.25, -0.2) is 0 Å². The van der Waals surface area contributed by atoms with Crippen LogP contribution in [0.5, 0.6) is 0 Å². The summed E-state index contributed by atoms with van der Waals surface area (Å²) in [7, 11) is 0. The summed E-state index contributed by atoms with van der Waals surface area (Å²) >= 11 is 0. The Balaban J connectivity index is 2.23. The standard InChI is InChI=1S/C9H20N2O2/c1-2-13-9-7-11(5-3-4-10)6-8(9)12/h8-9,12H,2-7,10H2,1H3/t8-,9+/m0/s1. The number of ether oxygens (including phenoxy) is 1. The van der Waals surface area contributed by atoms with E-state index in [0.717, 1.165) is 26.1 Å². The van der Waals surface area contributed by atoms with Crippen LogP contribution in [0.15, 0.2) is 0 Å². The normalized spacial score (nSPS) is 29.8. The van der Waals surface area contributed by atoms with E-state index in [4.69, 9.17) is 10.5 Å². The summed E-state index contributed by atoms with van der Waals surface area (Å²) in [4.78, 5) is 2.21. The van der Waals surface area contributed by atoms with Gasteiger partial charge in [0.15, 0.2) is 0 Å². The van der Waals surface area contributed by atoms with Gasteiger partial charge in [0.25, 0.3) is 0 Å². The van der Waals surface area contributed by atoms with Crippen molar-refractivity contribution in [2.75, 3.05) is 32.8 Å². The van der Waals surface area contributed by atoms with Crippen molar-refractivity contribution in [2.24, 2.45) is 5.73 Å². The number of aliphatic hydroxyl groups excluding tert-OH is 1. The second-order valence-corrected chi connectivity index (χ2v) is 3.46. The zero-order valence-electron chi connectivity index (χ0n) is 8.28. The van der Waals surface area contributed by atoms with E-state index >= 15 is 0 Å². The lowest BCUT2D eigenvalue weighted by molar-refractivity contribution is -0.00241. The van der Waals surface area contributed by atoms with Crippen molar-refractivity contribution in [3.63, 3.8) is 0 Å². The molecule has 1 fully saturated rings. The van der Waals surface area contributed by atoms with E-state index in [1.54, 1.807) is 0 Å². The summed E-state index contributed by atoms with van der Waals surface area (Å²) in [6, 6.07) is 0. The highest BCUT2D eigenvalue weighted by atomic mass is 16.5. The lowest BCUT2D eigenvalue weighted by Crippen LogP contribution is -2.27. The third-order valence-corrected chi connectivity index (χ3v) is 2.37. The zero-order valence-corrected chi connectivity index (χ0v) is 8.28. The van der Waals surface area contributed by atoms with Crippen LogP contribution in [0.4, 0.5) is 0 Å². The highest BCUT2D eigenvalue weighted by molar-refractivity contribution is 4.84. The summed E-state index contributed by atoms with van der Waals surface area (Å²) < 4.78 is 5.40. The Morgan fingerprint density at radius 1 is 1.54 bits per heavy atom. The van der Waals surface area contributed by atoms with Gasteiger partial charge in [-0.15, -0.1) is 0 Å². The highest BCUT2D eigenvalue weighted by Crippen LogP contribution is 2.13. The van der Waals surface area contributed by atoms with Crippen LogP contribution in [0.1, 0.15) is 13.3 Å². The largest absolute Gasteiger partial charge is 0.389 e. The zero-order chi connectivity index (χ0) is 9.68. The number of likely N-dealkylation sites (tertiary alicyclic amines) is 1.